The minimum absolute atomic E-state index is 0.0428. The summed E-state index contributed by atoms with van der Waals surface area (Å²) in [4.78, 5) is 0. The lowest BCUT2D eigenvalue weighted by atomic mass is 9.81. The SMILES string of the molecule is OC1CCSCC12CCNC2. The van der Waals surface area contributed by atoms with E-state index in [2.05, 4.69) is 5.32 Å². The van der Waals surface area contributed by atoms with Crippen molar-refractivity contribution in [2.24, 2.45) is 5.41 Å². The fraction of sp³-hybridized carbons (Fsp3) is 1.00. The largest absolute Gasteiger partial charge is 0.392 e. The van der Waals surface area contributed by atoms with Crippen LogP contribution in [0.1, 0.15) is 12.8 Å². The molecule has 11 heavy (non-hydrogen) atoms. The normalized spacial score (nSPS) is 45.0. The van der Waals surface area contributed by atoms with Crippen LogP contribution >= 0.6 is 11.8 Å². The van der Waals surface area contributed by atoms with E-state index in [1.54, 1.807) is 0 Å². The Balaban J connectivity index is 2.07. The summed E-state index contributed by atoms with van der Waals surface area (Å²) in [6, 6.07) is 0. The second kappa shape index (κ2) is 2.96. The van der Waals surface area contributed by atoms with E-state index in [1.165, 1.54) is 6.42 Å². The van der Waals surface area contributed by atoms with Crippen LogP contribution in [-0.4, -0.2) is 35.8 Å². The Labute approximate surface area is 71.7 Å². The number of nitrogens with one attached hydrogen (secondary N) is 1. The van der Waals surface area contributed by atoms with Gasteiger partial charge in [0.2, 0.25) is 0 Å². The molecular weight excluding hydrogens is 158 g/mol. The number of rotatable bonds is 0. The summed E-state index contributed by atoms with van der Waals surface area (Å²) < 4.78 is 0. The van der Waals surface area contributed by atoms with E-state index in [1.807, 2.05) is 11.8 Å². The zero-order chi connectivity index (χ0) is 7.73. The molecule has 0 aromatic heterocycles. The number of aliphatic hydroxyl groups excluding tert-OH is 1. The minimum Gasteiger partial charge on any atom is -0.392 e. The second-order valence-electron chi connectivity index (χ2n) is 3.65. The van der Waals surface area contributed by atoms with Crippen LogP contribution in [0.4, 0.5) is 0 Å². The maximum Gasteiger partial charge on any atom is 0.0624 e. The van der Waals surface area contributed by atoms with Crippen LogP contribution in [0, 0.1) is 5.41 Å². The molecule has 2 aliphatic heterocycles. The maximum absolute atomic E-state index is 9.81. The fourth-order valence-corrected chi connectivity index (χ4v) is 3.42. The van der Waals surface area contributed by atoms with E-state index in [4.69, 9.17) is 0 Å². The molecule has 3 heteroatoms. The van der Waals surface area contributed by atoms with Gasteiger partial charge < -0.3 is 10.4 Å². The molecule has 0 aliphatic carbocycles. The van der Waals surface area contributed by atoms with Gasteiger partial charge in [0.1, 0.15) is 0 Å². The third-order valence-corrected chi connectivity index (χ3v) is 4.21. The van der Waals surface area contributed by atoms with E-state index in [0.29, 0.717) is 0 Å². The lowest BCUT2D eigenvalue weighted by Crippen LogP contribution is -2.42. The Morgan fingerprint density at radius 2 is 2.45 bits per heavy atom. The molecule has 0 saturated carbocycles. The van der Waals surface area contributed by atoms with Gasteiger partial charge in [-0.05, 0) is 25.1 Å². The summed E-state index contributed by atoms with van der Waals surface area (Å²) in [7, 11) is 0. The Morgan fingerprint density at radius 3 is 3.09 bits per heavy atom. The summed E-state index contributed by atoms with van der Waals surface area (Å²) in [5, 5.41) is 13.1. The molecular formula is C8H15NOS. The smallest absolute Gasteiger partial charge is 0.0624 e. The standard InChI is InChI=1S/C8H15NOS/c10-7-1-4-11-6-8(7)2-3-9-5-8/h7,9-10H,1-6H2. The highest BCUT2D eigenvalue weighted by Gasteiger charge is 2.42. The van der Waals surface area contributed by atoms with Gasteiger partial charge in [-0.25, -0.2) is 0 Å². The van der Waals surface area contributed by atoms with Gasteiger partial charge in [-0.1, -0.05) is 0 Å². The molecule has 2 heterocycles. The average molecular weight is 173 g/mol. The molecule has 2 atom stereocenters. The minimum atomic E-state index is -0.0428. The van der Waals surface area contributed by atoms with Gasteiger partial charge in [0.05, 0.1) is 6.10 Å². The van der Waals surface area contributed by atoms with Crippen molar-refractivity contribution in [1.29, 1.82) is 0 Å². The monoisotopic (exact) mass is 173 g/mol. The lowest BCUT2D eigenvalue weighted by Gasteiger charge is -2.37. The molecule has 0 amide bonds. The van der Waals surface area contributed by atoms with Gasteiger partial charge >= 0.3 is 0 Å². The van der Waals surface area contributed by atoms with Crippen molar-refractivity contribution >= 4 is 11.8 Å². The Morgan fingerprint density at radius 1 is 1.55 bits per heavy atom. The molecule has 2 nitrogen and oxygen atoms in total. The zero-order valence-electron chi connectivity index (χ0n) is 6.68. The van der Waals surface area contributed by atoms with Crippen molar-refractivity contribution in [3.05, 3.63) is 0 Å². The summed E-state index contributed by atoms with van der Waals surface area (Å²) in [6.07, 6.45) is 2.12. The topological polar surface area (TPSA) is 32.3 Å². The van der Waals surface area contributed by atoms with Gasteiger partial charge in [0.25, 0.3) is 0 Å². The highest BCUT2D eigenvalue weighted by atomic mass is 32.2. The van der Waals surface area contributed by atoms with Crippen molar-refractivity contribution in [2.45, 2.75) is 18.9 Å². The summed E-state index contributed by atoms with van der Waals surface area (Å²) in [5.74, 6) is 2.30. The van der Waals surface area contributed by atoms with E-state index >= 15 is 0 Å². The van der Waals surface area contributed by atoms with Crippen LogP contribution < -0.4 is 5.32 Å². The Bertz CT molecular complexity index is 145. The summed E-state index contributed by atoms with van der Waals surface area (Å²) in [6.45, 7) is 2.12. The first kappa shape index (κ1) is 7.90. The molecule has 2 fully saturated rings. The van der Waals surface area contributed by atoms with E-state index in [9.17, 15) is 5.11 Å². The average Bonchev–Trinajstić information content (AvgIpc) is 2.46. The summed E-state index contributed by atoms with van der Waals surface area (Å²) in [5.41, 5.74) is 0.239. The van der Waals surface area contributed by atoms with Crippen molar-refractivity contribution in [3.8, 4) is 0 Å². The van der Waals surface area contributed by atoms with Crippen molar-refractivity contribution < 1.29 is 5.11 Å². The van der Waals surface area contributed by atoms with E-state index in [0.717, 1.165) is 31.0 Å². The van der Waals surface area contributed by atoms with Gasteiger partial charge in [-0.2, -0.15) is 11.8 Å². The molecule has 2 rings (SSSR count). The molecule has 0 radical (unpaired) electrons. The first-order chi connectivity index (χ1) is 5.33. The van der Waals surface area contributed by atoms with Gasteiger partial charge in [-0.15, -0.1) is 0 Å². The van der Waals surface area contributed by atoms with E-state index < -0.39 is 0 Å². The van der Waals surface area contributed by atoms with E-state index in [-0.39, 0.29) is 11.5 Å². The van der Waals surface area contributed by atoms with Crippen LogP contribution in [0.2, 0.25) is 0 Å². The zero-order valence-corrected chi connectivity index (χ0v) is 7.49. The lowest BCUT2D eigenvalue weighted by molar-refractivity contribution is 0.0484. The maximum atomic E-state index is 9.81. The number of hydrogen-bond donors (Lipinski definition) is 2. The van der Waals surface area contributed by atoms with Gasteiger partial charge in [0.15, 0.2) is 0 Å². The third-order valence-electron chi connectivity index (χ3n) is 2.91. The summed E-state index contributed by atoms with van der Waals surface area (Å²) >= 11 is 1.99. The van der Waals surface area contributed by atoms with Crippen LogP contribution in [0.3, 0.4) is 0 Å². The van der Waals surface area contributed by atoms with Crippen LogP contribution in [0.5, 0.6) is 0 Å². The first-order valence-electron chi connectivity index (χ1n) is 4.30. The van der Waals surface area contributed by atoms with Crippen LogP contribution in [0.15, 0.2) is 0 Å². The van der Waals surface area contributed by atoms with Crippen LogP contribution in [0.25, 0.3) is 0 Å². The fourth-order valence-electron chi connectivity index (χ4n) is 2.04. The first-order valence-corrected chi connectivity index (χ1v) is 5.45. The highest BCUT2D eigenvalue weighted by molar-refractivity contribution is 7.99. The van der Waals surface area contributed by atoms with Gasteiger partial charge in [-0.3, -0.25) is 0 Å². The van der Waals surface area contributed by atoms with Crippen molar-refractivity contribution in [3.63, 3.8) is 0 Å². The third kappa shape index (κ3) is 1.30. The quantitative estimate of drug-likeness (QED) is 0.558. The molecule has 0 aromatic carbocycles. The molecule has 2 unspecified atom stereocenters. The van der Waals surface area contributed by atoms with Crippen LogP contribution in [-0.2, 0) is 0 Å². The molecule has 0 aromatic rings. The molecule has 2 aliphatic rings. The predicted octanol–water partition coefficient (Wildman–Crippen LogP) is 0.464. The van der Waals surface area contributed by atoms with Crippen molar-refractivity contribution in [1.82, 2.24) is 5.32 Å². The molecule has 0 bridgehead atoms. The molecule has 64 valence electrons. The van der Waals surface area contributed by atoms with Gasteiger partial charge in [0, 0.05) is 17.7 Å². The number of thioether (sulfide) groups is 1. The predicted molar refractivity (Wildman–Crippen MR) is 47.9 cm³/mol. The molecule has 2 saturated heterocycles. The molecule has 2 N–H and O–H groups in total. The Hall–Kier alpha value is 0.270. The number of aliphatic hydroxyl groups is 1. The highest BCUT2D eigenvalue weighted by Crippen LogP contribution is 2.39. The number of hydrogen-bond acceptors (Lipinski definition) is 3. The second-order valence-corrected chi connectivity index (χ2v) is 4.75. The Kier molecular flexibility index (Phi) is 2.12. The van der Waals surface area contributed by atoms with Crippen molar-refractivity contribution in [2.75, 3.05) is 24.6 Å². The molecule has 1 spiro atoms.